The van der Waals surface area contributed by atoms with Crippen LogP contribution in [-0.2, 0) is 0 Å². The molecule has 1 atom stereocenters. The van der Waals surface area contributed by atoms with Gasteiger partial charge in [0.25, 0.3) is 5.69 Å². The Balaban J connectivity index is 2.28. The Hall–Kier alpha value is -2.57. The molecule has 0 saturated heterocycles. The van der Waals surface area contributed by atoms with E-state index in [1.165, 1.54) is 13.0 Å². The van der Waals surface area contributed by atoms with E-state index in [0.29, 0.717) is 0 Å². The zero-order valence-corrected chi connectivity index (χ0v) is 10.9. The molecule has 4 nitrogen and oxygen atoms in total. The van der Waals surface area contributed by atoms with E-state index in [-0.39, 0.29) is 11.3 Å². The van der Waals surface area contributed by atoms with Crippen molar-refractivity contribution in [2.75, 3.05) is 5.32 Å². The van der Waals surface area contributed by atoms with E-state index in [1.807, 2.05) is 0 Å². The molecule has 0 radical (unpaired) electrons. The first-order valence-electron chi connectivity index (χ1n) is 6.04. The van der Waals surface area contributed by atoms with E-state index in [4.69, 9.17) is 0 Å². The Morgan fingerprint density at radius 2 is 1.71 bits per heavy atom. The summed E-state index contributed by atoms with van der Waals surface area (Å²) in [6.07, 6.45) is 0. The predicted octanol–water partition coefficient (Wildman–Crippen LogP) is 4.19. The fraction of sp³-hybridized carbons (Fsp3) is 0.143. The minimum Gasteiger partial charge on any atom is -0.376 e. The second kappa shape index (κ2) is 5.82. The predicted molar refractivity (Wildman–Crippen MR) is 71.5 cm³/mol. The number of nitro groups is 1. The molecule has 21 heavy (non-hydrogen) atoms. The number of hydrogen-bond acceptors (Lipinski definition) is 3. The molecule has 0 spiro atoms. The lowest BCUT2D eigenvalue weighted by Crippen LogP contribution is -2.12. The van der Waals surface area contributed by atoms with E-state index < -0.39 is 34.1 Å². The first-order chi connectivity index (χ1) is 9.90. The van der Waals surface area contributed by atoms with Gasteiger partial charge in [-0.3, -0.25) is 10.1 Å². The normalized spacial score (nSPS) is 12.0. The molecule has 0 amide bonds. The van der Waals surface area contributed by atoms with Gasteiger partial charge >= 0.3 is 0 Å². The van der Waals surface area contributed by atoms with Crippen LogP contribution in [0, 0.1) is 27.6 Å². The van der Waals surface area contributed by atoms with Crippen LogP contribution >= 0.6 is 0 Å². The van der Waals surface area contributed by atoms with Crippen LogP contribution in [0.25, 0.3) is 0 Å². The summed E-state index contributed by atoms with van der Waals surface area (Å²) >= 11 is 0. The second-order valence-electron chi connectivity index (χ2n) is 4.42. The van der Waals surface area contributed by atoms with Gasteiger partial charge in [-0.1, -0.05) is 6.07 Å². The van der Waals surface area contributed by atoms with E-state index in [0.717, 1.165) is 30.3 Å². The van der Waals surface area contributed by atoms with E-state index in [9.17, 15) is 23.3 Å². The Labute approximate surface area is 118 Å². The van der Waals surface area contributed by atoms with Gasteiger partial charge in [0.2, 0.25) is 0 Å². The standard InChI is InChI=1S/C14H11F3N2O2/c1-8(14-10(15)3-2-4-11(14)16)18-13-6-5-9(19(20)21)7-12(13)17/h2-8,18H,1H3. The van der Waals surface area contributed by atoms with Gasteiger partial charge in [-0.05, 0) is 25.1 Å². The van der Waals surface area contributed by atoms with Crippen molar-refractivity contribution >= 4 is 11.4 Å². The van der Waals surface area contributed by atoms with Crippen molar-refractivity contribution < 1.29 is 18.1 Å². The number of halogens is 3. The van der Waals surface area contributed by atoms with Crippen LogP contribution < -0.4 is 5.32 Å². The number of rotatable bonds is 4. The fourth-order valence-corrected chi connectivity index (χ4v) is 1.96. The van der Waals surface area contributed by atoms with Crippen LogP contribution in [0.2, 0.25) is 0 Å². The molecule has 0 saturated carbocycles. The van der Waals surface area contributed by atoms with E-state index in [2.05, 4.69) is 5.32 Å². The number of nitro benzene ring substituents is 1. The number of nitrogens with zero attached hydrogens (tertiary/aromatic N) is 1. The molecule has 0 bridgehead atoms. The molecular weight excluding hydrogens is 285 g/mol. The van der Waals surface area contributed by atoms with Crippen molar-refractivity contribution in [3.05, 3.63) is 69.5 Å². The third-order valence-corrected chi connectivity index (χ3v) is 2.97. The molecule has 7 heteroatoms. The Kier molecular flexibility index (Phi) is 4.11. The SMILES string of the molecule is CC(Nc1ccc([N+](=O)[O-])cc1F)c1c(F)cccc1F. The zero-order chi connectivity index (χ0) is 15.6. The number of anilines is 1. The number of hydrogen-bond donors (Lipinski definition) is 1. The minimum absolute atomic E-state index is 0.0734. The molecule has 110 valence electrons. The number of non-ortho nitro benzene ring substituents is 1. The largest absolute Gasteiger partial charge is 0.376 e. The minimum atomic E-state index is -0.868. The lowest BCUT2D eigenvalue weighted by atomic mass is 10.1. The van der Waals surface area contributed by atoms with Crippen molar-refractivity contribution in [1.82, 2.24) is 0 Å². The summed E-state index contributed by atoms with van der Waals surface area (Å²) in [6.45, 7) is 1.46. The smallest absolute Gasteiger partial charge is 0.272 e. The van der Waals surface area contributed by atoms with Gasteiger partial charge in [0.15, 0.2) is 5.82 Å². The molecule has 1 unspecified atom stereocenters. The first-order valence-corrected chi connectivity index (χ1v) is 6.04. The van der Waals surface area contributed by atoms with Gasteiger partial charge in [-0.15, -0.1) is 0 Å². The Morgan fingerprint density at radius 3 is 2.24 bits per heavy atom. The van der Waals surface area contributed by atoms with Crippen molar-refractivity contribution in [3.63, 3.8) is 0 Å². The molecule has 0 aliphatic carbocycles. The number of nitrogens with one attached hydrogen (secondary N) is 1. The molecule has 0 aliphatic heterocycles. The van der Waals surface area contributed by atoms with Crippen LogP contribution in [0.15, 0.2) is 36.4 Å². The highest BCUT2D eigenvalue weighted by Crippen LogP contribution is 2.27. The summed E-state index contributed by atoms with van der Waals surface area (Å²) in [7, 11) is 0. The molecule has 2 aromatic carbocycles. The summed E-state index contributed by atoms with van der Waals surface area (Å²) in [5.41, 5.74) is -0.700. The highest BCUT2D eigenvalue weighted by atomic mass is 19.1. The maximum atomic E-state index is 13.7. The van der Waals surface area contributed by atoms with Gasteiger partial charge in [0.1, 0.15) is 11.6 Å². The molecular formula is C14H11F3N2O2. The van der Waals surface area contributed by atoms with Gasteiger partial charge in [-0.25, -0.2) is 13.2 Å². The molecule has 0 aliphatic rings. The van der Waals surface area contributed by atoms with Crippen LogP contribution in [0.4, 0.5) is 24.5 Å². The second-order valence-corrected chi connectivity index (χ2v) is 4.42. The van der Waals surface area contributed by atoms with E-state index >= 15 is 0 Å². The maximum Gasteiger partial charge on any atom is 0.272 e. The molecule has 0 fully saturated rings. The topological polar surface area (TPSA) is 55.2 Å². The molecule has 0 aromatic heterocycles. The van der Waals surface area contributed by atoms with Crippen molar-refractivity contribution in [3.8, 4) is 0 Å². The van der Waals surface area contributed by atoms with Crippen molar-refractivity contribution in [2.45, 2.75) is 13.0 Å². The summed E-state index contributed by atoms with van der Waals surface area (Å²) in [4.78, 5) is 9.79. The molecule has 2 rings (SSSR count). The quantitative estimate of drug-likeness (QED) is 0.680. The fourth-order valence-electron chi connectivity index (χ4n) is 1.96. The summed E-state index contributed by atoms with van der Waals surface area (Å²) < 4.78 is 41.0. The zero-order valence-electron chi connectivity index (χ0n) is 10.9. The van der Waals surface area contributed by atoms with E-state index in [1.54, 1.807) is 0 Å². The average molecular weight is 296 g/mol. The lowest BCUT2D eigenvalue weighted by Gasteiger charge is -2.17. The van der Waals surface area contributed by atoms with Gasteiger partial charge in [0, 0.05) is 11.6 Å². The average Bonchev–Trinajstić information content (AvgIpc) is 2.40. The van der Waals surface area contributed by atoms with Crippen LogP contribution in [0.3, 0.4) is 0 Å². The van der Waals surface area contributed by atoms with Crippen LogP contribution in [0.5, 0.6) is 0 Å². The maximum absolute atomic E-state index is 13.7. The summed E-state index contributed by atoms with van der Waals surface area (Å²) in [6, 6.07) is 5.59. The summed E-state index contributed by atoms with van der Waals surface area (Å²) in [5.74, 6) is -2.37. The van der Waals surface area contributed by atoms with Crippen LogP contribution in [-0.4, -0.2) is 4.92 Å². The molecule has 0 heterocycles. The Bertz CT molecular complexity index is 672. The third-order valence-electron chi connectivity index (χ3n) is 2.97. The van der Waals surface area contributed by atoms with Crippen molar-refractivity contribution in [2.24, 2.45) is 0 Å². The van der Waals surface area contributed by atoms with Gasteiger partial charge in [-0.2, -0.15) is 0 Å². The number of benzene rings is 2. The highest BCUT2D eigenvalue weighted by Gasteiger charge is 2.18. The first kappa shape index (κ1) is 14.8. The van der Waals surface area contributed by atoms with Gasteiger partial charge < -0.3 is 5.32 Å². The molecule has 2 aromatic rings. The third kappa shape index (κ3) is 3.13. The Morgan fingerprint density at radius 1 is 1.10 bits per heavy atom. The van der Waals surface area contributed by atoms with Crippen molar-refractivity contribution in [1.29, 1.82) is 0 Å². The van der Waals surface area contributed by atoms with Crippen LogP contribution in [0.1, 0.15) is 18.5 Å². The lowest BCUT2D eigenvalue weighted by molar-refractivity contribution is -0.385. The molecule has 1 N–H and O–H groups in total. The highest BCUT2D eigenvalue weighted by molar-refractivity contribution is 5.51. The summed E-state index contributed by atoms with van der Waals surface area (Å²) in [5, 5.41) is 13.1. The van der Waals surface area contributed by atoms with Gasteiger partial charge in [0.05, 0.1) is 22.7 Å². The monoisotopic (exact) mass is 296 g/mol.